The zero-order valence-electron chi connectivity index (χ0n) is 13.1. The quantitative estimate of drug-likeness (QED) is 0.595. The van der Waals surface area contributed by atoms with Crippen LogP contribution in [-0.2, 0) is 9.59 Å². The number of aromatic nitrogens is 1. The first-order chi connectivity index (χ1) is 11.5. The van der Waals surface area contributed by atoms with E-state index in [1.165, 1.54) is 0 Å². The molecule has 0 aliphatic rings. The second kappa shape index (κ2) is 8.78. The van der Waals surface area contributed by atoms with E-state index in [4.69, 9.17) is 0 Å². The summed E-state index contributed by atoms with van der Waals surface area (Å²) in [6.07, 6.45) is 1.61. The summed E-state index contributed by atoms with van der Waals surface area (Å²) in [6, 6.07) is 10.7. The number of aryl methyl sites for hydroxylation is 1. The van der Waals surface area contributed by atoms with Crippen LogP contribution >= 0.6 is 11.8 Å². The number of hydrogen-bond donors (Lipinski definition) is 4. The van der Waals surface area contributed by atoms with Crippen LogP contribution in [0.3, 0.4) is 0 Å². The molecule has 1 aromatic carbocycles. The van der Waals surface area contributed by atoms with Gasteiger partial charge in [0, 0.05) is 11.9 Å². The fourth-order valence-electron chi connectivity index (χ4n) is 1.86. The van der Waals surface area contributed by atoms with Crippen LogP contribution in [0.1, 0.15) is 16.1 Å². The molecule has 126 valence electrons. The number of carbonyl (C=O) groups is 3. The van der Waals surface area contributed by atoms with E-state index in [-0.39, 0.29) is 23.3 Å². The number of nitrogens with one attached hydrogen (secondary N) is 4. The molecule has 1 heterocycles. The predicted octanol–water partition coefficient (Wildman–Crippen LogP) is 1.46. The van der Waals surface area contributed by atoms with Crippen molar-refractivity contribution in [3.63, 3.8) is 0 Å². The molecule has 24 heavy (non-hydrogen) atoms. The highest BCUT2D eigenvalue weighted by Crippen LogP contribution is 2.10. The van der Waals surface area contributed by atoms with Crippen LogP contribution in [0.15, 0.2) is 42.6 Å². The van der Waals surface area contributed by atoms with Gasteiger partial charge in [-0.2, -0.15) is 0 Å². The van der Waals surface area contributed by atoms with Gasteiger partial charge in [0.05, 0.1) is 11.5 Å². The third-order valence-corrected chi connectivity index (χ3v) is 3.86. The number of amides is 3. The van der Waals surface area contributed by atoms with Crippen molar-refractivity contribution in [1.82, 2.24) is 15.8 Å². The van der Waals surface area contributed by atoms with Crippen LogP contribution in [0.25, 0.3) is 0 Å². The minimum atomic E-state index is -0.435. The molecule has 0 atom stereocenters. The molecule has 0 spiro atoms. The van der Waals surface area contributed by atoms with Gasteiger partial charge in [0.25, 0.3) is 5.91 Å². The number of aromatic amines is 1. The predicted molar refractivity (Wildman–Crippen MR) is 93.5 cm³/mol. The molecule has 0 radical (unpaired) electrons. The van der Waals surface area contributed by atoms with E-state index in [2.05, 4.69) is 21.2 Å². The summed E-state index contributed by atoms with van der Waals surface area (Å²) in [7, 11) is 0. The fraction of sp³-hybridized carbons (Fsp3) is 0.188. The van der Waals surface area contributed by atoms with Crippen LogP contribution in [0.4, 0.5) is 5.69 Å². The normalized spacial score (nSPS) is 10.0. The van der Waals surface area contributed by atoms with Crippen LogP contribution in [0.5, 0.6) is 0 Å². The second-order valence-electron chi connectivity index (χ2n) is 5.00. The monoisotopic (exact) mass is 346 g/mol. The van der Waals surface area contributed by atoms with Crippen molar-refractivity contribution in [3.05, 3.63) is 53.9 Å². The Balaban J connectivity index is 1.63. The number of hydrazine groups is 1. The van der Waals surface area contributed by atoms with Crippen molar-refractivity contribution in [2.75, 3.05) is 16.8 Å². The molecule has 0 aliphatic heterocycles. The van der Waals surface area contributed by atoms with Crippen LogP contribution < -0.4 is 16.2 Å². The first-order valence-electron chi connectivity index (χ1n) is 7.21. The Morgan fingerprint density at radius 2 is 1.83 bits per heavy atom. The lowest BCUT2D eigenvalue weighted by Gasteiger charge is -2.07. The molecule has 0 saturated heterocycles. The standard InChI is InChI=1S/C16H18N4O3S/c1-11-4-2-5-12(8-11)18-14(21)9-24-10-15(22)19-20-16(23)13-6-3-7-17-13/h2-8,17H,9-10H2,1H3,(H,18,21)(H,19,22)(H,20,23). The average molecular weight is 346 g/mol. The van der Waals surface area contributed by atoms with E-state index in [1.54, 1.807) is 24.4 Å². The number of H-pyrrole nitrogens is 1. The minimum Gasteiger partial charge on any atom is -0.357 e. The molecule has 3 amide bonds. The van der Waals surface area contributed by atoms with Gasteiger partial charge in [0.15, 0.2) is 0 Å². The van der Waals surface area contributed by atoms with Gasteiger partial charge in [-0.25, -0.2) is 0 Å². The second-order valence-corrected chi connectivity index (χ2v) is 5.98. The van der Waals surface area contributed by atoms with E-state index < -0.39 is 5.91 Å². The Labute approximate surface area is 143 Å². The molecule has 4 N–H and O–H groups in total. The number of hydrogen-bond acceptors (Lipinski definition) is 4. The highest BCUT2D eigenvalue weighted by Gasteiger charge is 2.09. The first-order valence-corrected chi connectivity index (χ1v) is 8.37. The maximum absolute atomic E-state index is 11.8. The zero-order chi connectivity index (χ0) is 17.4. The molecule has 8 heteroatoms. The Morgan fingerprint density at radius 3 is 2.54 bits per heavy atom. The van der Waals surface area contributed by atoms with E-state index in [0.29, 0.717) is 5.69 Å². The van der Waals surface area contributed by atoms with Gasteiger partial charge in [-0.05, 0) is 36.8 Å². The molecular weight excluding hydrogens is 328 g/mol. The van der Waals surface area contributed by atoms with Crippen LogP contribution in [-0.4, -0.2) is 34.2 Å². The molecule has 0 aliphatic carbocycles. The van der Waals surface area contributed by atoms with E-state index in [9.17, 15) is 14.4 Å². The van der Waals surface area contributed by atoms with E-state index >= 15 is 0 Å². The Bertz CT molecular complexity index is 716. The van der Waals surface area contributed by atoms with Crippen molar-refractivity contribution in [2.24, 2.45) is 0 Å². The van der Waals surface area contributed by atoms with Crippen molar-refractivity contribution < 1.29 is 14.4 Å². The number of anilines is 1. The Morgan fingerprint density at radius 1 is 1.04 bits per heavy atom. The van der Waals surface area contributed by atoms with Gasteiger partial charge < -0.3 is 10.3 Å². The molecule has 0 bridgehead atoms. The molecule has 0 fully saturated rings. The molecule has 2 rings (SSSR count). The smallest absolute Gasteiger partial charge is 0.286 e. The molecule has 0 unspecified atom stereocenters. The number of thioether (sulfide) groups is 1. The minimum absolute atomic E-state index is 0.0617. The van der Waals surface area contributed by atoms with E-state index in [1.807, 2.05) is 25.1 Å². The zero-order valence-corrected chi connectivity index (χ0v) is 13.9. The largest absolute Gasteiger partial charge is 0.357 e. The number of carbonyl (C=O) groups excluding carboxylic acids is 3. The summed E-state index contributed by atoms with van der Waals surface area (Å²) < 4.78 is 0. The SMILES string of the molecule is Cc1cccc(NC(=O)CSCC(=O)NNC(=O)c2ccc[nH]2)c1. The maximum atomic E-state index is 11.8. The van der Waals surface area contributed by atoms with Crippen LogP contribution in [0.2, 0.25) is 0 Å². The molecule has 0 saturated carbocycles. The summed E-state index contributed by atoms with van der Waals surface area (Å²) in [4.78, 5) is 37.7. The van der Waals surface area contributed by atoms with Gasteiger partial charge in [-0.1, -0.05) is 12.1 Å². The van der Waals surface area contributed by atoms with Gasteiger partial charge in [0.2, 0.25) is 11.8 Å². The Hall–Kier alpha value is -2.74. The molecule has 7 nitrogen and oxygen atoms in total. The lowest BCUT2D eigenvalue weighted by Crippen LogP contribution is -2.42. The summed E-state index contributed by atoms with van der Waals surface area (Å²) in [6.45, 7) is 1.94. The van der Waals surface area contributed by atoms with Crippen LogP contribution in [0, 0.1) is 6.92 Å². The van der Waals surface area contributed by atoms with Gasteiger partial charge >= 0.3 is 0 Å². The van der Waals surface area contributed by atoms with Crippen molar-refractivity contribution in [1.29, 1.82) is 0 Å². The van der Waals surface area contributed by atoms with Crippen molar-refractivity contribution in [2.45, 2.75) is 6.92 Å². The van der Waals surface area contributed by atoms with Crippen molar-refractivity contribution >= 4 is 35.2 Å². The van der Waals surface area contributed by atoms with E-state index in [0.717, 1.165) is 23.0 Å². The molecular formula is C16H18N4O3S. The number of rotatable bonds is 6. The topological polar surface area (TPSA) is 103 Å². The molecule has 1 aromatic heterocycles. The van der Waals surface area contributed by atoms with Gasteiger partial charge in [-0.15, -0.1) is 11.8 Å². The van der Waals surface area contributed by atoms with Gasteiger partial charge in [-0.3, -0.25) is 25.2 Å². The average Bonchev–Trinajstić information content (AvgIpc) is 3.07. The summed E-state index contributed by atoms with van der Waals surface area (Å²) in [5, 5.41) is 2.76. The summed E-state index contributed by atoms with van der Waals surface area (Å²) in [5.41, 5.74) is 6.70. The lowest BCUT2D eigenvalue weighted by molar-refractivity contribution is -0.119. The fourth-order valence-corrected chi connectivity index (χ4v) is 2.47. The third kappa shape index (κ3) is 5.81. The third-order valence-electron chi connectivity index (χ3n) is 2.93. The van der Waals surface area contributed by atoms with Gasteiger partial charge in [0.1, 0.15) is 5.69 Å². The highest BCUT2D eigenvalue weighted by molar-refractivity contribution is 8.00. The Kier molecular flexibility index (Phi) is 6.44. The molecule has 2 aromatic rings. The maximum Gasteiger partial charge on any atom is 0.286 e. The lowest BCUT2D eigenvalue weighted by atomic mass is 10.2. The first kappa shape index (κ1) is 17.6. The summed E-state index contributed by atoms with van der Waals surface area (Å²) in [5.74, 6) is -0.800. The highest BCUT2D eigenvalue weighted by atomic mass is 32.2. The number of benzene rings is 1. The van der Waals surface area contributed by atoms with Crippen molar-refractivity contribution in [3.8, 4) is 0 Å². The summed E-state index contributed by atoms with van der Waals surface area (Å²) >= 11 is 1.16.